The van der Waals surface area contributed by atoms with Gasteiger partial charge in [0.05, 0.1) is 22.3 Å². The maximum atomic E-state index is 9.60. The summed E-state index contributed by atoms with van der Waals surface area (Å²) in [6, 6.07) is 21.3. The van der Waals surface area contributed by atoms with Crippen molar-refractivity contribution < 1.29 is 9.47 Å². The van der Waals surface area contributed by atoms with E-state index in [1.165, 1.54) is 0 Å². The van der Waals surface area contributed by atoms with Crippen LogP contribution in [0.1, 0.15) is 16.7 Å². The quantitative estimate of drug-likeness (QED) is 0.174. The zero-order chi connectivity index (χ0) is 20.8. The third kappa shape index (κ3) is 5.53. The maximum Gasteiger partial charge on any atom is 0.174 e. The number of hydrogen-bond acceptors (Lipinski definition) is 3. The van der Waals surface area contributed by atoms with Crippen molar-refractivity contribution in [1.29, 1.82) is 5.26 Å². The van der Waals surface area contributed by atoms with Gasteiger partial charge in [0.2, 0.25) is 0 Å². The van der Waals surface area contributed by atoms with E-state index in [2.05, 4.69) is 44.6 Å². The summed E-state index contributed by atoms with van der Waals surface area (Å²) in [4.78, 5) is 0. The Morgan fingerprint density at radius 2 is 1.90 bits per heavy atom. The summed E-state index contributed by atoms with van der Waals surface area (Å²) >= 11 is 11.8. The van der Waals surface area contributed by atoms with Crippen molar-refractivity contribution in [2.45, 2.75) is 6.61 Å². The van der Waals surface area contributed by atoms with Crippen molar-refractivity contribution in [2.24, 2.45) is 0 Å². The Bertz CT molecular complexity index is 1090. The van der Waals surface area contributed by atoms with E-state index >= 15 is 0 Å². The molecular formula is C23H16BrClINO2. The van der Waals surface area contributed by atoms with Crippen molar-refractivity contribution in [3.05, 3.63) is 90.4 Å². The smallest absolute Gasteiger partial charge is 0.174 e. The summed E-state index contributed by atoms with van der Waals surface area (Å²) < 4.78 is 13.4. The molecule has 0 atom stereocenters. The number of hydrogen-bond donors (Lipinski definition) is 0. The second-order valence-electron chi connectivity index (χ2n) is 6.09. The first-order valence-corrected chi connectivity index (χ1v) is 10.9. The molecule has 29 heavy (non-hydrogen) atoms. The predicted octanol–water partition coefficient (Wildman–Crippen LogP) is 7.36. The average Bonchev–Trinajstić information content (AvgIpc) is 2.72. The van der Waals surface area contributed by atoms with Crippen molar-refractivity contribution in [1.82, 2.24) is 0 Å². The summed E-state index contributed by atoms with van der Waals surface area (Å²) in [5, 5.41) is 10.3. The summed E-state index contributed by atoms with van der Waals surface area (Å²) in [6.07, 6.45) is 1.84. The van der Waals surface area contributed by atoms with Crippen LogP contribution in [-0.2, 0) is 6.61 Å². The van der Waals surface area contributed by atoms with E-state index in [-0.39, 0.29) is 0 Å². The number of rotatable bonds is 6. The number of ether oxygens (including phenoxy) is 2. The Kier molecular flexibility index (Phi) is 7.59. The van der Waals surface area contributed by atoms with Gasteiger partial charge in [-0.25, -0.2) is 0 Å². The van der Waals surface area contributed by atoms with Crippen LogP contribution in [0.4, 0.5) is 0 Å². The number of nitrogens with zero attached hydrogens (tertiary/aromatic N) is 1. The van der Waals surface area contributed by atoms with Crippen LogP contribution >= 0.6 is 50.1 Å². The first-order chi connectivity index (χ1) is 14.0. The lowest BCUT2D eigenvalue weighted by Crippen LogP contribution is -2.00. The molecule has 0 aromatic heterocycles. The summed E-state index contributed by atoms with van der Waals surface area (Å²) in [6.45, 7) is 0.337. The van der Waals surface area contributed by atoms with Gasteiger partial charge >= 0.3 is 0 Å². The second kappa shape index (κ2) is 10.1. The van der Waals surface area contributed by atoms with E-state index in [1.807, 2.05) is 66.7 Å². The molecule has 3 rings (SSSR count). The maximum absolute atomic E-state index is 9.60. The molecule has 0 aliphatic heterocycles. The van der Waals surface area contributed by atoms with Gasteiger partial charge in [0.15, 0.2) is 11.5 Å². The van der Waals surface area contributed by atoms with Gasteiger partial charge in [0, 0.05) is 15.1 Å². The fraction of sp³-hybridized carbons (Fsp3) is 0.0870. The van der Waals surface area contributed by atoms with Gasteiger partial charge in [-0.1, -0.05) is 57.9 Å². The Hall–Kier alpha value is -2.01. The van der Waals surface area contributed by atoms with Gasteiger partial charge in [0.25, 0.3) is 0 Å². The topological polar surface area (TPSA) is 42.2 Å². The minimum atomic E-state index is 0.337. The minimum absolute atomic E-state index is 0.337. The van der Waals surface area contributed by atoms with Gasteiger partial charge in [-0.05, 0) is 70.1 Å². The van der Waals surface area contributed by atoms with E-state index in [0.29, 0.717) is 28.7 Å². The molecule has 0 amide bonds. The summed E-state index contributed by atoms with van der Waals surface area (Å²) in [5.74, 6) is 1.25. The Labute approximate surface area is 197 Å². The summed E-state index contributed by atoms with van der Waals surface area (Å²) in [5.41, 5.74) is 3.18. The van der Waals surface area contributed by atoms with Gasteiger partial charge in [-0.3, -0.25) is 0 Å². The fourth-order valence-corrected chi connectivity index (χ4v) is 3.94. The fourth-order valence-electron chi connectivity index (χ4n) is 2.70. The van der Waals surface area contributed by atoms with E-state index < -0.39 is 0 Å². The molecule has 0 fully saturated rings. The number of allylic oxidation sites excluding steroid dienone is 1. The molecule has 146 valence electrons. The number of halogens is 3. The van der Waals surface area contributed by atoms with Gasteiger partial charge in [-0.15, -0.1) is 0 Å². The molecule has 3 nitrogen and oxygen atoms in total. The number of methoxy groups -OCH3 is 1. The average molecular weight is 581 g/mol. The third-order valence-electron chi connectivity index (χ3n) is 4.17. The van der Waals surface area contributed by atoms with E-state index in [1.54, 1.807) is 7.11 Å². The minimum Gasteiger partial charge on any atom is -0.493 e. The van der Waals surface area contributed by atoms with Crippen LogP contribution in [0.3, 0.4) is 0 Å². The highest BCUT2D eigenvalue weighted by Gasteiger charge is 2.13. The van der Waals surface area contributed by atoms with Crippen LogP contribution in [0, 0.1) is 14.9 Å². The number of nitriles is 1. The highest BCUT2D eigenvalue weighted by molar-refractivity contribution is 14.1. The molecule has 3 aromatic carbocycles. The Balaban J connectivity index is 1.90. The SMILES string of the molecule is COc1cc(/C=C(/C#N)c2ccc(Br)cc2)cc(I)c1OCc1ccccc1Cl. The highest BCUT2D eigenvalue weighted by Crippen LogP contribution is 2.36. The number of benzene rings is 3. The first kappa shape index (κ1) is 21.7. The van der Waals surface area contributed by atoms with Crippen LogP contribution in [0.15, 0.2) is 65.1 Å². The summed E-state index contributed by atoms with van der Waals surface area (Å²) in [7, 11) is 1.60. The third-order valence-corrected chi connectivity index (χ3v) is 5.87. The molecule has 0 spiro atoms. The lowest BCUT2D eigenvalue weighted by molar-refractivity contribution is 0.282. The Morgan fingerprint density at radius 1 is 1.17 bits per heavy atom. The second-order valence-corrected chi connectivity index (χ2v) is 8.58. The van der Waals surface area contributed by atoms with Crippen molar-refractivity contribution in [3.63, 3.8) is 0 Å². The van der Waals surface area contributed by atoms with Crippen LogP contribution in [0.5, 0.6) is 11.5 Å². The zero-order valence-corrected chi connectivity index (χ0v) is 20.0. The van der Waals surface area contributed by atoms with Crippen LogP contribution in [-0.4, -0.2) is 7.11 Å². The van der Waals surface area contributed by atoms with Gasteiger partial charge in [-0.2, -0.15) is 5.26 Å². The lowest BCUT2D eigenvalue weighted by Gasteiger charge is -2.14. The van der Waals surface area contributed by atoms with E-state index in [0.717, 1.165) is 24.7 Å². The molecule has 0 N–H and O–H groups in total. The molecule has 0 saturated heterocycles. The standard InChI is InChI=1S/C23H16BrClINO2/c1-28-22-12-15(10-18(13-27)16-6-8-19(24)9-7-16)11-21(26)23(22)29-14-17-4-2-3-5-20(17)25/h2-12H,14H2,1H3/b18-10-. The molecule has 0 unspecified atom stereocenters. The van der Waals surface area contributed by atoms with Crippen molar-refractivity contribution in [3.8, 4) is 17.6 Å². The molecule has 0 aliphatic carbocycles. The van der Waals surface area contributed by atoms with Gasteiger partial charge in [0.1, 0.15) is 6.61 Å². The molecule has 3 aromatic rings. The van der Waals surface area contributed by atoms with E-state index in [9.17, 15) is 5.26 Å². The molecule has 0 bridgehead atoms. The lowest BCUT2D eigenvalue weighted by atomic mass is 10.0. The zero-order valence-electron chi connectivity index (χ0n) is 15.5. The monoisotopic (exact) mass is 579 g/mol. The van der Waals surface area contributed by atoms with Crippen LogP contribution < -0.4 is 9.47 Å². The molecular weight excluding hydrogens is 565 g/mol. The van der Waals surface area contributed by atoms with E-state index in [4.69, 9.17) is 21.1 Å². The van der Waals surface area contributed by atoms with Crippen LogP contribution in [0.2, 0.25) is 5.02 Å². The normalized spacial score (nSPS) is 11.1. The molecule has 0 aliphatic rings. The Morgan fingerprint density at radius 3 is 2.55 bits per heavy atom. The molecule has 0 saturated carbocycles. The van der Waals surface area contributed by atoms with Crippen molar-refractivity contribution >= 4 is 61.8 Å². The van der Waals surface area contributed by atoms with Crippen molar-refractivity contribution in [2.75, 3.05) is 7.11 Å². The predicted molar refractivity (Wildman–Crippen MR) is 129 cm³/mol. The molecule has 0 heterocycles. The molecule has 0 radical (unpaired) electrons. The van der Waals surface area contributed by atoms with Gasteiger partial charge < -0.3 is 9.47 Å². The molecule has 6 heteroatoms. The first-order valence-electron chi connectivity index (χ1n) is 8.63. The highest BCUT2D eigenvalue weighted by atomic mass is 127. The largest absolute Gasteiger partial charge is 0.493 e. The van der Waals surface area contributed by atoms with Crippen LogP contribution in [0.25, 0.3) is 11.6 Å².